The van der Waals surface area contributed by atoms with Crippen molar-refractivity contribution in [3.63, 3.8) is 0 Å². The molecule has 5 rings (SSSR count). The monoisotopic (exact) mass is 498 g/mol. The fraction of sp³-hybridized carbons (Fsp3) is 0.179. The average Bonchev–Trinajstić information content (AvgIpc) is 2.90. The molecule has 1 unspecified atom stereocenters. The molecule has 1 fully saturated rings. The predicted molar refractivity (Wildman–Crippen MR) is 140 cm³/mol. The van der Waals surface area contributed by atoms with Crippen LogP contribution in [0.3, 0.4) is 0 Å². The number of nitrogens with one attached hydrogen (secondary N) is 1. The Balaban J connectivity index is 1.36. The van der Waals surface area contributed by atoms with Gasteiger partial charge >= 0.3 is 0 Å². The number of ether oxygens (including phenoxy) is 2. The minimum atomic E-state index is -0.318. The minimum Gasteiger partial charge on any atom is -0.456 e. The maximum Gasteiger partial charge on any atom is 0.219 e. The second kappa shape index (κ2) is 10.6. The van der Waals surface area contributed by atoms with Crippen molar-refractivity contribution in [2.45, 2.75) is 13.0 Å². The summed E-state index contributed by atoms with van der Waals surface area (Å²) in [6.45, 7) is 3.11. The Labute approximate surface area is 214 Å². The predicted octanol–water partition coefficient (Wildman–Crippen LogP) is 5.42. The van der Waals surface area contributed by atoms with E-state index in [1.807, 2.05) is 60.7 Å². The normalized spacial score (nSPS) is 15.2. The molecule has 0 radical (unpaired) electrons. The smallest absolute Gasteiger partial charge is 0.219 e. The Hall–Kier alpha value is -4.12. The van der Waals surface area contributed by atoms with Crippen molar-refractivity contribution >= 4 is 39.9 Å². The molecule has 0 saturated carbocycles. The van der Waals surface area contributed by atoms with Gasteiger partial charge in [-0.2, -0.15) is 0 Å². The molecule has 2 heterocycles. The van der Waals surface area contributed by atoms with Crippen molar-refractivity contribution in [3.8, 4) is 23.3 Å². The van der Waals surface area contributed by atoms with Gasteiger partial charge in [-0.1, -0.05) is 41.6 Å². The topological polar surface area (TPSA) is 76.6 Å². The lowest BCUT2D eigenvalue weighted by Crippen LogP contribution is -2.44. The third kappa shape index (κ3) is 5.57. The highest BCUT2D eigenvalue weighted by Crippen LogP contribution is 2.33. The molecule has 36 heavy (non-hydrogen) atoms. The first-order chi connectivity index (χ1) is 17.5. The molecular weight excluding hydrogens is 476 g/mol. The molecule has 1 atom stereocenters. The Kier molecular flexibility index (Phi) is 6.99. The zero-order valence-electron chi connectivity index (χ0n) is 19.6. The van der Waals surface area contributed by atoms with Gasteiger partial charge < -0.3 is 19.7 Å². The number of fused-ring (bicyclic) bond motifs is 1. The van der Waals surface area contributed by atoms with E-state index in [4.69, 9.17) is 21.1 Å². The van der Waals surface area contributed by atoms with E-state index in [0.717, 1.165) is 22.2 Å². The van der Waals surface area contributed by atoms with Gasteiger partial charge in [0.1, 0.15) is 29.7 Å². The van der Waals surface area contributed by atoms with Gasteiger partial charge in [-0.3, -0.25) is 4.79 Å². The van der Waals surface area contributed by atoms with E-state index in [2.05, 4.69) is 27.1 Å². The highest BCUT2D eigenvalue weighted by Gasteiger charge is 2.20. The third-order valence-corrected chi connectivity index (χ3v) is 5.99. The van der Waals surface area contributed by atoms with Gasteiger partial charge in [-0.15, -0.1) is 0 Å². The summed E-state index contributed by atoms with van der Waals surface area (Å²) in [5.74, 6) is 8.23. The molecule has 0 aliphatic carbocycles. The number of nitrogens with zero attached hydrogens (tertiary/aromatic N) is 3. The fourth-order valence-corrected chi connectivity index (χ4v) is 4.05. The summed E-state index contributed by atoms with van der Waals surface area (Å²) >= 11 is 6.48. The van der Waals surface area contributed by atoms with E-state index in [9.17, 15) is 4.79 Å². The summed E-state index contributed by atoms with van der Waals surface area (Å²) in [6.07, 6.45) is 1.19. The van der Waals surface area contributed by atoms with Crippen LogP contribution in [-0.4, -0.2) is 46.6 Å². The number of para-hydroxylation sites is 1. The minimum absolute atomic E-state index is 0.0310. The van der Waals surface area contributed by atoms with Gasteiger partial charge in [0, 0.05) is 30.1 Å². The number of benzene rings is 3. The number of carbonyl (C=O) groups is 1. The Morgan fingerprint density at radius 1 is 1.14 bits per heavy atom. The molecule has 1 saturated heterocycles. The van der Waals surface area contributed by atoms with Crippen LogP contribution in [0.2, 0.25) is 5.02 Å². The first-order valence-electron chi connectivity index (χ1n) is 11.5. The fourth-order valence-electron chi connectivity index (χ4n) is 3.83. The molecule has 8 heteroatoms. The average molecular weight is 499 g/mol. The summed E-state index contributed by atoms with van der Waals surface area (Å²) in [4.78, 5) is 22.2. The standard InChI is InChI=1S/C28H23ClN4O3/c1-19(34)33-13-14-35-23(17-33)10-7-20-8-11-26-24(15-20)28(31-18-30-26)32-21-9-12-27(25(29)16-21)36-22-5-3-2-4-6-22/h2-6,8-9,11-12,15-16,18,23H,13-14,17H2,1H3,(H,30,31,32). The second-order valence-electron chi connectivity index (χ2n) is 8.23. The number of anilines is 2. The highest BCUT2D eigenvalue weighted by molar-refractivity contribution is 6.32. The number of amides is 1. The van der Waals surface area contributed by atoms with Gasteiger partial charge in [0.25, 0.3) is 0 Å². The molecule has 4 aromatic rings. The molecule has 180 valence electrons. The van der Waals surface area contributed by atoms with E-state index >= 15 is 0 Å². The van der Waals surface area contributed by atoms with Crippen molar-refractivity contribution in [1.29, 1.82) is 0 Å². The number of carbonyl (C=O) groups excluding carboxylic acids is 1. The number of halogens is 1. The largest absolute Gasteiger partial charge is 0.456 e. The van der Waals surface area contributed by atoms with Crippen LogP contribution in [0, 0.1) is 11.8 Å². The van der Waals surface area contributed by atoms with E-state index in [0.29, 0.717) is 42.0 Å². The Morgan fingerprint density at radius 3 is 2.81 bits per heavy atom. The lowest BCUT2D eigenvalue weighted by Gasteiger charge is -2.29. The summed E-state index contributed by atoms with van der Waals surface area (Å²) in [5.41, 5.74) is 2.34. The number of rotatable bonds is 4. The lowest BCUT2D eigenvalue weighted by atomic mass is 10.1. The molecule has 0 spiro atoms. The van der Waals surface area contributed by atoms with Crippen molar-refractivity contribution in [1.82, 2.24) is 14.9 Å². The number of hydrogen-bond donors (Lipinski definition) is 1. The SMILES string of the molecule is CC(=O)N1CCOC(C#Cc2ccc3ncnc(Nc4ccc(Oc5ccccc5)c(Cl)c4)c3c2)C1. The molecule has 7 nitrogen and oxygen atoms in total. The molecule has 1 N–H and O–H groups in total. The molecular formula is C28H23ClN4O3. The quantitative estimate of drug-likeness (QED) is 0.379. The van der Waals surface area contributed by atoms with Crippen LogP contribution in [0.5, 0.6) is 11.5 Å². The van der Waals surface area contributed by atoms with Crippen LogP contribution in [0.25, 0.3) is 10.9 Å². The maximum atomic E-state index is 11.7. The Bertz CT molecular complexity index is 1470. The second-order valence-corrected chi connectivity index (χ2v) is 8.64. The maximum absolute atomic E-state index is 11.7. The van der Waals surface area contributed by atoms with E-state index in [1.54, 1.807) is 17.9 Å². The Morgan fingerprint density at radius 2 is 2.00 bits per heavy atom. The highest BCUT2D eigenvalue weighted by atomic mass is 35.5. The van der Waals surface area contributed by atoms with Gasteiger partial charge in [-0.05, 0) is 48.5 Å². The third-order valence-electron chi connectivity index (χ3n) is 5.69. The first-order valence-corrected chi connectivity index (χ1v) is 11.9. The van der Waals surface area contributed by atoms with Crippen LogP contribution in [-0.2, 0) is 9.53 Å². The van der Waals surface area contributed by atoms with Gasteiger partial charge in [0.2, 0.25) is 5.91 Å². The molecule has 3 aromatic carbocycles. The molecule has 1 aliphatic rings. The lowest BCUT2D eigenvalue weighted by molar-refractivity contribution is -0.134. The first kappa shape index (κ1) is 23.6. The van der Waals surface area contributed by atoms with Crippen LogP contribution in [0.15, 0.2) is 73.1 Å². The van der Waals surface area contributed by atoms with Crippen LogP contribution in [0.1, 0.15) is 12.5 Å². The summed E-state index contributed by atoms with van der Waals surface area (Å²) in [7, 11) is 0. The van der Waals surface area contributed by atoms with Gasteiger partial charge in [-0.25, -0.2) is 9.97 Å². The molecule has 1 aromatic heterocycles. The zero-order chi connectivity index (χ0) is 24.9. The van der Waals surface area contributed by atoms with Gasteiger partial charge in [0.05, 0.1) is 23.7 Å². The number of morpholine rings is 1. The van der Waals surface area contributed by atoms with Gasteiger partial charge in [0.15, 0.2) is 0 Å². The van der Waals surface area contributed by atoms with Crippen LogP contribution >= 0.6 is 11.6 Å². The summed E-state index contributed by atoms with van der Waals surface area (Å²) in [6, 6.07) is 20.7. The molecule has 1 aliphatic heterocycles. The van der Waals surface area contributed by atoms with E-state index < -0.39 is 0 Å². The number of aromatic nitrogens is 2. The van der Waals surface area contributed by atoms with Crippen molar-refractivity contribution in [2.24, 2.45) is 0 Å². The molecule has 0 bridgehead atoms. The number of hydrogen-bond acceptors (Lipinski definition) is 6. The summed E-state index contributed by atoms with van der Waals surface area (Å²) in [5, 5.41) is 4.61. The summed E-state index contributed by atoms with van der Waals surface area (Å²) < 4.78 is 11.6. The van der Waals surface area contributed by atoms with E-state index in [1.165, 1.54) is 6.33 Å². The van der Waals surface area contributed by atoms with Crippen LogP contribution < -0.4 is 10.1 Å². The van der Waals surface area contributed by atoms with Crippen LogP contribution in [0.4, 0.5) is 11.5 Å². The van der Waals surface area contributed by atoms with E-state index in [-0.39, 0.29) is 12.0 Å². The zero-order valence-corrected chi connectivity index (χ0v) is 20.3. The van der Waals surface area contributed by atoms with Crippen molar-refractivity contribution in [2.75, 3.05) is 25.0 Å². The molecule has 1 amide bonds. The van der Waals surface area contributed by atoms with Crippen molar-refractivity contribution < 1.29 is 14.3 Å². The van der Waals surface area contributed by atoms with Crippen molar-refractivity contribution in [3.05, 3.63) is 83.6 Å².